The van der Waals surface area contributed by atoms with Crippen LogP contribution in [0.4, 0.5) is 0 Å². The number of hydrogen-bond acceptors (Lipinski definition) is 1. The molecule has 1 N–H and O–H groups in total. The molecular formula is C14H22NdO. The second-order valence-corrected chi connectivity index (χ2v) is 4.15. The van der Waals surface area contributed by atoms with Crippen molar-refractivity contribution in [1.29, 1.82) is 0 Å². The van der Waals surface area contributed by atoms with Crippen LogP contribution in [0.15, 0.2) is 24.3 Å². The Morgan fingerprint density at radius 1 is 0.938 bits per heavy atom. The van der Waals surface area contributed by atoms with Gasteiger partial charge in [0.25, 0.3) is 0 Å². The fourth-order valence-corrected chi connectivity index (χ4v) is 1.82. The van der Waals surface area contributed by atoms with Crippen molar-refractivity contribution in [3.05, 3.63) is 29.8 Å². The summed E-state index contributed by atoms with van der Waals surface area (Å²) >= 11 is 0. The molecule has 0 spiro atoms. The first-order valence-electron chi connectivity index (χ1n) is 6.11. The van der Waals surface area contributed by atoms with E-state index in [4.69, 9.17) is 0 Å². The van der Waals surface area contributed by atoms with Crippen molar-refractivity contribution in [2.24, 2.45) is 0 Å². The minimum atomic E-state index is 0. The molecule has 0 fully saturated rings. The summed E-state index contributed by atoms with van der Waals surface area (Å²) in [7, 11) is 0. The van der Waals surface area contributed by atoms with Gasteiger partial charge < -0.3 is 5.11 Å². The minimum Gasteiger partial charge on any atom is -0.508 e. The third-order valence-corrected chi connectivity index (χ3v) is 2.79. The van der Waals surface area contributed by atoms with Crippen LogP contribution in [-0.4, -0.2) is 5.11 Å². The van der Waals surface area contributed by atoms with E-state index in [-0.39, 0.29) is 40.8 Å². The molecule has 0 aliphatic heterocycles. The Balaban J connectivity index is 0.00000225. The third kappa shape index (κ3) is 6.85. The largest absolute Gasteiger partial charge is 0.508 e. The molecule has 0 unspecified atom stereocenters. The molecule has 0 atom stereocenters. The number of aromatic hydroxyl groups is 1. The number of benzene rings is 1. The van der Waals surface area contributed by atoms with Crippen LogP contribution in [0.25, 0.3) is 0 Å². The Bertz CT molecular complexity index is 273. The zero-order valence-electron chi connectivity index (χ0n) is 10.2. The van der Waals surface area contributed by atoms with Crippen LogP contribution in [0.3, 0.4) is 0 Å². The average Bonchev–Trinajstić information content (AvgIpc) is 2.25. The Labute approximate surface area is 132 Å². The molecule has 0 aliphatic rings. The SMILES string of the molecule is CCCCCCCCc1ccccc1O.[Nd]. The van der Waals surface area contributed by atoms with Gasteiger partial charge in [-0.25, -0.2) is 0 Å². The summed E-state index contributed by atoms with van der Waals surface area (Å²) in [5.41, 5.74) is 1.09. The Morgan fingerprint density at radius 2 is 1.56 bits per heavy atom. The van der Waals surface area contributed by atoms with Gasteiger partial charge in [-0.1, -0.05) is 57.2 Å². The van der Waals surface area contributed by atoms with E-state index >= 15 is 0 Å². The van der Waals surface area contributed by atoms with Crippen molar-refractivity contribution in [3.8, 4) is 5.75 Å². The second kappa shape index (κ2) is 10.5. The molecule has 1 nitrogen and oxygen atoms in total. The summed E-state index contributed by atoms with van der Waals surface area (Å²) in [5.74, 6) is 0.450. The zero-order chi connectivity index (χ0) is 10.9. The van der Waals surface area contributed by atoms with E-state index in [0.29, 0.717) is 5.75 Å². The minimum absolute atomic E-state index is 0. The van der Waals surface area contributed by atoms with Gasteiger partial charge in [0.05, 0.1) is 0 Å². The third-order valence-electron chi connectivity index (χ3n) is 2.79. The fraction of sp³-hybridized carbons (Fsp3) is 0.571. The van der Waals surface area contributed by atoms with Crippen LogP contribution >= 0.6 is 0 Å². The molecule has 0 aromatic heterocycles. The molecule has 0 bridgehead atoms. The molecule has 88 valence electrons. The van der Waals surface area contributed by atoms with Crippen molar-refractivity contribution in [2.45, 2.75) is 51.9 Å². The van der Waals surface area contributed by atoms with Crippen molar-refractivity contribution in [3.63, 3.8) is 0 Å². The number of phenols is 1. The normalized spacial score (nSPS) is 9.81. The van der Waals surface area contributed by atoms with Crippen molar-refractivity contribution < 1.29 is 45.9 Å². The summed E-state index contributed by atoms with van der Waals surface area (Å²) in [6.45, 7) is 2.24. The first-order valence-corrected chi connectivity index (χ1v) is 6.11. The van der Waals surface area contributed by atoms with Gasteiger partial charge in [0, 0.05) is 40.8 Å². The van der Waals surface area contributed by atoms with Gasteiger partial charge in [-0.05, 0) is 24.5 Å². The topological polar surface area (TPSA) is 20.2 Å². The van der Waals surface area contributed by atoms with Gasteiger partial charge in [0.2, 0.25) is 0 Å². The van der Waals surface area contributed by atoms with Gasteiger partial charge in [0.1, 0.15) is 5.75 Å². The number of aryl methyl sites for hydroxylation is 1. The molecule has 0 saturated heterocycles. The number of para-hydroxylation sites is 1. The fourth-order valence-electron chi connectivity index (χ4n) is 1.82. The summed E-state index contributed by atoms with van der Waals surface area (Å²) < 4.78 is 0. The maximum Gasteiger partial charge on any atom is 0.118 e. The van der Waals surface area contributed by atoms with Crippen LogP contribution in [0.2, 0.25) is 0 Å². The standard InChI is InChI=1S/C14H22O.Nd/c1-2-3-4-5-6-7-10-13-11-8-9-12-14(13)15;/h8-9,11-12,15H,2-7,10H2,1H3;. The monoisotopic (exact) mass is 348 g/mol. The van der Waals surface area contributed by atoms with Crippen molar-refractivity contribution in [2.75, 3.05) is 0 Å². The molecule has 1 rings (SSSR count). The molecule has 0 heterocycles. The molecule has 2 heteroatoms. The van der Waals surface area contributed by atoms with Crippen LogP contribution < -0.4 is 0 Å². The Morgan fingerprint density at radius 3 is 2.25 bits per heavy atom. The van der Waals surface area contributed by atoms with Gasteiger partial charge in [0.15, 0.2) is 0 Å². The number of hydrogen-bond donors (Lipinski definition) is 1. The predicted molar refractivity (Wildman–Crippen MR) is 65.2 cm³/mol. The van der Waals surface area contributed by atoms with E-state index in [1.165, 1.54) is 38.5 Å². The van der Waals surface area contributed by atoms with E-state index in [2.05, 4.69) is 6.92 Å². The van der Waals surface area contributed by atoms with Crippen LogP contribution in [-0.2, 0) is 6.42 Å². The van der Waals surface area contributed by atoms with Gasteiger partial charge >= 0.3 is 0 Å². The zero-order valence-corrected chi connectivity index (χ0v) is 13.4. The molecular weight excluding hydrogens is 328 g/mol. The van der Waals surface area contributed by atoms with E-state index in [1.807, 2.05) is 18.2 Å². The number of phenolic OH excluding ortho intramolecular Hbond substituents is 1. The molecule has 0 amide bonds. The molecule has 1 aromatic carbocycles. The van der Waals surface area contributed by atoms with E-state index in [0.717, 1.165) is 12.0 Å². The van der Waals surface area contributed by atoms with Crippen molar-refractivity contribution in [1.82, 2.24) is 0 Å². The number of unbranched alkanes of at least 4 members (excludes halogenated alkanes) is 5. The Kier molecular flexibility index (Phi) is 10.8. The Hall–Kier alpha value is 0.371. The van der Waals surface area contributed by atoms with Crippen LogP contribution in [0.1, 0.15) is 51.0 Å². The first kappa shape index (κ1) is 16.4. The van der Waals surface area contributed by atoms with Gasteiger partial charge in [-0.2, -0.15) is 0 Å². The summed E-state index contributed by atoms with van der Waals surface area (Å²) in [4.78, 5) is 0. The van der Waals surface area contributed by atoms with Crippen LogP contribution in [0, 0.1) is 40.8 Å². The van der Waals surface area contributed by atoms with Gasteiger partial charge in [-0.3, -0.25) is 0 Å². The van der Waals surface area contributed by atoms with E-state index in [1.54, 1.807) is 6.07 Å². The van der Waals surface area contributed by atoms with Gasteiger partial charge in [-0.15, -0.1) is 0 Å². The first-order chi connectivity index (χ1) is 7.34. The summed E-state index contributed by atoms with van der Waals surface area (Å²) in [5, 5.41) is 9.55. The molecule has 0 saturated carbocycles. The second-order valence-electron chi connectivity index (χ2n) is 4.15. The van der Waals surface area contributed by atoms with E-state index in [9.17, 15) is 5.11 Å². The molecule has 1 aromatic rings. The average molecular weight is 351 g/mol. The predicted octanol–water partition coefficient (Wildman–Crippen LogP) is 4.30. The maximum atomic E-state index is 9.55. The van der Waals surface area contributed by atoms with Crippen LogP contribution in [0.5, 0.6) is 5.75 Å². The van der Waals surface area contributed by atoms with Crippen molar-refractivity contribution >= 4 is 0 Å². The summed E-state index contributed by atoms with van der Waals surface area (Å²) in [6.07, 6.45) is 8.85. The quantitative estimate of drug-likeness (QED) is 0.727. The van der Waals surface area contributed by atoms with E-state index < -0.39 is 0 Å². The molecule has 0 aliphatic carbocycles. The summed E-state index contributed by atoms with van der Waals surface area (Å²) in [6, 6.07) is 7.65. The maximum absolute atomic E-state index is 9.55. The smallest absolute Gasteiger partial charge is 0.118 e. The molecule has 16 heavy (non-hydrogen) atoms. The molecule has 0 radical (unpaired) electrons. The number of rotatable bonds is 7.